The van der Waals surface area contributed by atoms with Crippen LogP contribution in [0.3, 0.4) is 0 Å². The molecule has 0 radical (unpaired) electrons. The topological polar surface area (TPSA) is 93.5 Å². The van der Waals surface area contributed by atoms with Gasteiger partial charge in [0.15, 0.2) is 0 Å². The third kappa shape index (κ3) is 2.98. The fourth-order valence-electron chi connectivity index (χ4n) is 2.26. The SMILES string of the molecule is CC(C(=O)NCC1(C(=O)O)CCOCC1)n1cccn1. The van der Waals surface area contributed by atoms with Crippen molar-refractivity contribution < 1.29 is 19.4 Å². The van der Waals surface area contributed by atoms with Crippen LogP contribution in [-0.4, -0.2) is 46.5 Å². The van der Waals surface area contributed by atoms with Crippen molar-refractivity contribution in [3.63, 3.8) is 0 Å². The highest BCUT2D eigenvalue weighted by Gasteiger charge is 2.40. The van der Waals surface area contributed by atoms with E-state index in [-0.39, 0.29) is 12.5 Å². The van der Waals surface area contributed by atoms with Gasteiger partial charge in [0.1, 0.15) is 6.04 Å². The number of carboxylic acid groups (broad SMARTS) is 1. The number of hydrogen-bond acceptors (Lipinski definition) is 4. The van der Waals surface area contributed by atoms with Crippen molar-refractivity contribution in [2.75, 3.05) is 19.8 Å². The smallest absolute Gasteiger partial charge is 0.311 e. The molecule has 2 N–H and O–H groups in total. The van der Waals surface area contributed by atoms with E-state index in [1.807, 2.05) is 0 Å². The Kier molecular flexibility index (Phi) is 4.39. The molecule has 1 amide bonds. The summed E-state index contributed by atoms with van der Waals surface area (Å²) in [5, 5.41) is 16.1. The summed E-state index contributed by atoms with van der Waals surface area (Å²) < 4.78 is 6.73. The van der Waals surface area contributed by atoms with Crippen LogP contribution in [0.4, 0.5) is 0 Å². The molecule has 7 nitrogen and oxygen atoms in total. The van der Waals surface area contributed by atoms with E-state index in [1.54, 1.807) is 25.4 Å². The number of carbonyl (C=O) groups is 2. The molecule has 1 aromatic heterocycles. The van der Waals surface area contributed by atoms with E-state index in [2.05, 4.69) is 10.4 Å². The molecule has 1 aliphatic rings. The maximum atomic E-state index is 12.1. The van der Waals surface area contributed by atoms with Crippen molar-refractivity contribution in [2.45, 2.75) is 25.8 Å². The van der Waals surface area contributed by atoms with Crippen molar-refractivity contribution in [1.29, 1.82) is 0 Å². The first-order valence-corrected chi connectivity index (χ1v) is 6.63. The number of amides is 1. The summed E-state index contributed by atoms with van der Waals surface area (Å²) in [6.07, 6.45) is 4.13. The molecule has 2 heterocycles. The van der Waals surface area contributed by atoms with Crippen LogP contribution in [0.2, 0.25) is 0 Å². The van der Waals surface area contributed by atoms with Crippen LogP contribution in [-0.2, 0) is 14.3 Å². The predicted octanol–water partition coefficient (Wildman–Crippen LogP) is 0.442. The molecule has 0 aromatic carbocycles. The van der Waals surface area contributed by atoms with Crippen LogP contribution in [0.15, 0.2) is 18.5 Å². The number of hydrogen-bond donors (Lipinski definition) is 2. The van der Waals surface area contributed by atoms with Gasteiger partial charge in [0.2, 0.25) is 5.91 Å². The molecular weight excluding hydrogens is 262 g/mol. The van der Waals surface area contributed by atoms with Gasteiger partial charge in [-0.05, 0) is 25.8 Å². The van der Waals surface area contributed by atoms with Gasteiger partial charge in [-0.2, -0.15) is 5.10 Å². The second-order valence-corrected chi connectivity index (χ2v) is 5.08. The normalized spacial score (nSPS) is 19.2. The zero-order valence-corrected chi connectivity index (χ0v) is 11.4. The van der Waals surface area contributed by atoms with Crippen molar-refractivity contribution in [3.05, 3.63) is 18.5 Å². The molecule has 0 saturated carbocycles. The lowest BCUT2D eigenvalue weighted by Gasteiger charge is -2.33. The Hall–Kier alpha value is -1.89. The van der Waals surface area contributed by atoms with Gasteiger partial charge in [-0.15, -0.1) is 0 Å². The summed E-state index contributed by atoms with van der Waals surface area (Å²) >= 11 is 0. The first-order chi connectivity index (χ1) is 9.55. The lowest BCUT2D eigenvalue weighted by Crippen LogP contribution is -2.47. The average Bonchev–Trinajstić information content (AvgIpc) is 2.99. The highest BCUT2D eigenvalue weighted by Crippen LogP contribution is 2.30. The zero-order chi connectivity index (χ0) is 14.6. The summed E-state index contributed by atoms with van der Waals surface area (Å²) in [5.41, 5.74) is -0.919. The number of nitrogens with zero attached hydrogens (tertiary/aromatic N) is 2. The van der Waals surface area contributed by atoms with Crippen LogP contribution in [0, 0.1) is 5.41 Å². The standard InChI is InChI=1S/C13H19N3O4/c1-10(16-6-2-5-15-16)11(17)14-9-13(12(18)19)3-7-20-8-4-13/h2,5-6,10H,3-4,7-9H2,1H3,(H,14,17)(H,18,19). The molecule has 1 aliphatic heterocycles. The second kappa shape index (κ2) is 6.04. The van der Waals surface area contributed by atoms with Gasteiger partial charge < -0.3 is 15.2 Å². The number of ether oxygens (including phenoxy) is 1. The monoisotopic (exact) mass is 281 g/mol. The summed E-state index contributed by atoms with van der Waals surface area (Å²) in [4.78, 5) is 23.5. The quantitative estimate of drug-likeness (QED) is 0.817. The van der Waals surface area contributed by atoms with Crippen LogP contribution in [0.5, 0.6) is 0 Å². The van der Waals surface area contributed by atoms with E-state index in [9.17, 15) is 14.7 Å². The van der Waals surface area contributed by atoms with Crippen molar-refractivity contribution in [1.82, 2.24) is 15.1 Å². The van der Waals surface area contributed by atoms with E-state index in [1.165, 1.54) is 4.68 Å². The molecule has 0 spiro atoms. The predicted molar refractivity (Wildman–Crippen MR) is 70.1 cm³/mol. The third-order valence-corrected chi connectivity index (χ3v) is 3.81. The average molecular weight is 281 g/mol. The molecule has 1 fully saturated rings. The number of aliphatic carboxylic acids is 1. The van der Waals surface area contributed by atoms with Gasteiger partial charge >= 0.3 is 5.97 Å². The molecule has 0 aliphatic carbocycles. The first kappa shape index (κ1) is 14.5. The molecule has 20 heavy (non-hydrogen) atoms. The van der Waals surface area contributed by atoms with E-state index in [4.69, 9.17) is 4.74 Å². The van der Waals surface area contributed by atoms with E-state index in [0.29, 0.717) is 26.1 Å². The lowest BCUT2D eigenvalue weighted by atomic mass is 9.80. The first-order valence-electron chi connectivity index (χ1n) is 6.63. The third-order valence-electron chi connectivity index (χ3n) is 3.81. The van der Waals surface area contributed by atoms with Crippen LogP contribution in [0.1, 0.15) is 25.8 Å². The maximum Gasteiger partial charge on any atom is 0.311 e. The number of carboxylic acids is 1. The number of carbonyl (C=O) groups excluding carboxylic acids is 1. The van der Waals surface area contributed by atoms with Gasteiger partial charge in [0.05, 0.1) is 5.41 Å². The van der Waals surface area contributed by atoms with Gasteiger partial charge in [-0.25, -0.2) is 0 Å². The summed E-state index contributed by atoms with van der Waals surface area (Å²) in [7, 11) is 0. The summed E-state index contributed by atoms with van der Waals surface area (Å²) in [5.74, 6) is -1.12. The Morgan fingerprint density at radius 1 is 1.50 bits per heavy atom. The lowest BCUT2D eigenvalue weighted by molar-refractivity contribution is -0.154. The Balaban J connectivity index is 1.95. The molecular formula is C13H19N3O4. The summed E-state index contributed by atoms with van der Waals surface area (Å²) in [6.45, 7) is 2.67. The second-order valence-electron chi connectivity index (χ2n) is 5.08. The van der Waals surface area contributed by atoms with Crippen LogP contribution >= 0.6 is 0 Å². The Bertz CT molecular complexity index is 466. The highest BCUT2D eigenvalue weighted by molar-refractivity contribution is 5.81. The number of nitrogens with one attached hydrogen (secondary N) is 1. The van der Waals surface area contributed by atoms with Crippen molar-refractivity contribution >= 4 is 11.9 Å². The molecule has 1 atom stereocenters. The Morgan fingerprint density at radius 2 is 2.20 bits per heavy atom. The molecule has 1 unspecified atom stereocenters. The molecule has 0 bridgehead atoms. The Morgan fingerprint density at radius 3 is 2.75 bits per heavy atom. The molecule has 1 saturated heterocycles. The number of rotatable bonds is 5. The fraction of sp³-hybridized carbons (Fsp3) is 0.615. The van der Waals surface area contributed by atoms with Gasteiger partial charge in [0, 0.05) is 32.2 Å². The molecule has 110 valence electrons. The zero-order valence-electron chi connectivity index (χ0n) is 11.4. The minimum Gasteiger partial charge on any atom is -0.481 e. The summed E-state index contributed by atoms with van der Waals surface area (Å²) in [6, 6.07) is 1.27. The Labute approximate surface area is 116 Å². The van der Waals surface area contributed by atoms with Crippen molar-refractivity contribution in [2.24, 2.45) is 5.41 Å². The van der Waals surface area contributed by atoms with Crippen LogP contribution < -0.4 is 5.32 Å². The molecule has 2 rings (SSSR count). The minimum absolute atomic E-state index is 0.121. The van der Waals surface area contributed by atoms with E-state index in [0.717, 1.165) is 0 Å². The van der Waals surface area contributed by atoms with E-state index < -0.39 is 17.4 Å². The minimum atomic E-state index is -0.919. The fourth-order valence-corrected chi connectivity index (χ4v) is 2.26. The molecule has 7 heteroatoms. The van der Waals surface area contributed by atoms with Gasteiger partial charge in [-0.3, -0.25) is 14.3 Å². The van der Waals surface area contributed by atoms with Crippen LogP contribution in [0.25, 0.3) is 0 Å². The van der Waals surface area contributed by atoms with Gasteiger partial charge in [-0.1, -0.05) is 0 Å². The highest BCUT2D eigenvalue weighted by atomic mass is 16.5. The van der Waals surface area contributed by atoms with E-state index >= 15 is 0 Å². The largest absolute Gasteiger partial charge is 0.481 e. The van der Waals surface area contributed by atoms with Crippen molar-refractivity contribution in [3.8, 4) is 0 Å². The molecule has 1 aromatic rings. The van der Waals surface area contributed by atoms with Gasteiger partial charge in [0.25, 0.3) is 0 Å². The maximum absolute atomic E-state index is 12.1. The number of aromatic nitrogens is 2.